The van der Waals surface area contributed by atoms with Crippen LogP contribution in [0.15, 0.2) is 18.2 Å². The minimum absolute atomic E-state index is 0. The standard InChI is InChI=1S/C22H33N3O3.2ClH/c1-18(26)17-24-8-5-19(6-9-24)4-7-23-10-12-25(13-11-23)20-2-3-21-22(16-20)28-15-14-27-21;;/h2-3,16,19H,4-15,17H2,1H3;2*1H. The Morgan fingerprint density at radius 3 is 2.27 bits per heavy atom. The van der Waals surface area contributed by atoms with E-state index >= 15 is 0 Å². The molecule has 30 heavy (non-hydrogen) atoms. The molecule has 0 bridgehead atoms. The minimum atomic E-state index is 0. The van der Waals surface area contributed by atoms with E-state index in [0.29, 0.717) is 19.8 Å². The van der Waals surface area contributed by atoms with Crippen LogP contribution in [0.3, 0.4) is 0 Å². The van der Waals surface area contributed by atoms with E-state index in [2.05, 4.69) is 26.8 Å². The zero-order chi connectivity index (χ0) is 19.3. The summed E-state index contributed by atoms with van der Waals surface area (Å²) in [5, 5.41) is 0. The molecule has 0 aliphatic carbocycles. The highest BCUT2D eigenvalue weighted by molar-refractivity contribution is 5.85. The SMILES string of the molecule is CC(=O)CN1CCC(CCN2CCN(c3ccc4c(c3)OCCO4)CC2)CC1.Cl.Cl. The van der Waals surface area contributed by atoms with Gasteiger partial charge in [0.25, 0.3) is 0 Å². The van der Waals surface area contributed by atoms with Crippen LogP contribution in [-0.2, 0) is 4.79 Å². The van der Waals surface area contributed by atoms with Crippen molar-refractivity contribution in [3.8, 4) is 11.5 Å². The Hall–Kier alpha value is -1.21. The van der Waals surface area contributed by atoms with Gasteiger partial charge < -0.3 is 14.4 Å². The summed E-state index contributed by atoms with van der Waals surface area (Å²) < 4.78 is 11.4. The van der Waals surface area contributed by atoms with E-state index in [1.807, 2.05) is 6.07 Å². The first kappa shape index (κ1) is 25.1. The summed E-state index contributed by atoms with van der Waals surface area (Å²) in [7, 11) is 0. The highest BCUT2D eigenvalue weighted by atomic mass is 35.5. The van der Waals surface area contributed by atoms with Crippen molar-refractivity contribution in [1.29, 1.82) is 0 Å². The van der Waals surface area contributed by atoms with Crippen molar-refractivity contribution in [2.75, 3.05) is 70.5 Å². The zero-order valence-corrected chi connectivity index (χ0v) is 19.5. The summed E-state index contributed by atoms with van der Waals surface area (Å²) >= 11 is 0. The molecule has 4 rings (SSSR count). The molecule has 0 N–H and O–H groups in total. The number of carbonyl (C=O) groups excluding carboxylic acids is 1. The number of anilines is 1. The van der Waals surface area contributed by atoms with Gasteiger partial charge in [-0.25, -0.2) is 0 Å². The normalized spacial score (nSPS) is 20.2. The summed E-state index contributed by atoms with van der Waals surface area (Å²) in [6.45, 7) is 11.4. The summed E-state index contributed by atoms with van der Waals surface area (Å²) in [6, 6.07) is 6.31. The zero-order valence-electron chi connectivity index (χ0n) is 17.9. The molecule has 0 atom stereocenters. The van der Waals surface area contributed by atoms with Crippen LogP contribution >= 0.6 is 24.8 Å². The highest BCUT2D eigenvalue weighted by Gasteiger charge is 2.23. The fraction of sp³-hybridized carbons (Fsp3) is 0.682. The average Bonchev–Trinajstić information content (AvgIpc) is 2.73. The fourth-order valence-electron chi connectivity index (χ4n) is 4.57. The van der Waals surface area contributed by atoms with Gasteiger partial charge in [-0.2, -0.15) is 0 Å². The fourth-order valence-corrected chi connectivity index (χ4v) is 4.57. The number of hydrogen-bond donors (Lipinski definition) is 0. The second kappa shape index (κ2) is 12.0. The van der Waals surface area contributed by atoms with Crippen LogP contribution in [0.2, 0.25) is 0 Å². The number of carbonyl (C=O) groups is 1. The van der Waals surface area contributed by atoms with Crippen molar-refractivity contribution in [3.63, 3.8) is 0 Å². The van der Waals surface area contributed by atoms with Gasteiger partial charge in [-0.3, -0.25) is 14.6 Å². The molecule has 6 nitrogen and oxygen atoms in total. The lowest BCUT2D eigenvalue weighted by atomic mass is 9.93. The van der Waals surface area contributed by atoms with E-state index in [4.69, 9.17) is 9.47 Å². The van der Waals surface area contributed by atoms with E-state index in [1.54, 1.807) is 6.92 Å². The summed E-state index contributed by atoms with van der Waals surface area (Å²) in [6.07, 6.45) is 3.77. The van der Waals surface area contributed by atoms with Gasteiger partial charge in [-0.1, -0.05) is 0 Å². The van der Waals surface area contributed by atoms with Gasteiger partial charge in [0.1, 0.15) is 19.0 Å². The summed E-state index contributed by atoms with van der Waals surface area (Å²) in [5.74, 6) is 2.85. The first-order chi connectivity index (χ1) is 13.7. The molecule has 0 spiro atoms. The van der Waals surface area contributed by atoms with E-state index in [9.17, 15) is 4.79 Å². The molecular formula is C22H35Cl2N3O3. The number of Topliss-reactive ketones (excluding diaryl/α,β-unsaturated/α-hetero) is 1. The Morgan fingerprint density at radius 2 is 1.60 bits per heavy atom. The topological polar surface area (TPSA) is 45.3 Å². The molecule has 0 aromatic heterocycles. The van der Waals surface area contributed by atoms with E-state index in [0.717, 1.165) is 56.7 Å². The van der Waals surface area contributed by atoms with Gasteiger partial charge in [0, 0.05) is 37.9 Å². The van der Waals surface area contributed by atoms with Crippen molar-refractivity contribution in [2.45, 2.75) is 26.2 Å². The lowest BCUT2D eigenvalue weighted by molar-refractivity contribution is -0.118. The first-order valence-electron chi connectivity index (χ1n) is 10.8. The van der Waals surface area contributed by atoms with Gasteiger partial charge >= 0.3 is 0 Å². The van der Waals surface area contributed by atoms with Gasteiger partial charge in [-0.05, 0) is 63.9 Å². The number of ketones is 1. The third-order valence-corrected chi connectivity index (χ3v) is 6.27. The van der Waals surface area contributed by atoms with Crippen LogP contribution in [0.1, 0.15) is 26.2 Å². The molecule has 0 saturated carbocycles. The van der Waals surface area contributed by atoms with E-state index in [1.165, 1.54) is 31.5 Å². The number of fused-ring (bicyclic) bond motifs is 1. The average molecular weight is 460 g/mol. The van der Waals surface area contributed by atoms with Crippen molar-refractivity contribution in [2.24, 2.45) is 5.92 Å². The maximum absolute atomic E-state index is 11.3. The molecule has 0 unspecified atom stereocenters. The molecule has 0 radical (unpaired) electrons. The molecule has 8 heteroatoms. The molecule has 0 amide bonds. The van der Waals surface area contributed by atoms with Crippen LogP contribution in [0.4, 0.5) is 5.69 Å². The van der Waals surface area contributed by atoms with Crippen molar-refractivity contribution in [3.05, 3.63) is 18.2 Å². The number of ether oxygens (including phenoxy) is 2. The monoisotopic (exact) mass is 459 g/mol. The number of piperidine rings is 1. The Morgan fingerprint density at radius 1 is 0.933 bits per heavy atom. The second-order valence-electron chi connectivity index (χ2n) is 8.37. The first-order valence-corrected chi connectivity index (χ1v) is 10.8. The number of nitrogens with zero attached hydrogens (tertiary/aromatic N) is 3. The summed E-state index contributed by atoms with van der Waals surface area (Å²) in [5.41, 5.74) is 1.24. The quantitative estimate of drug-likeness (QED) is 0.650. The number of halogens is 2. The molecule has 1 aromatic carbocycles. The van der Waals surface area contributed by atoms with Gasteiger partial charge in [0.2, 0.25) is 0 Å². The number of piperazine rings is 1. The molecule has 1 aromatic rings. The Bertz CT molecular complexity index is 676. The Kier molecular flexibility index (Phi) is 10.0. The van der Waals surface area contributed by atoms with Crippen molar-refractivity contribution >= 4 is 36.3 Å². The second-order valence-corrected chi connectivity index (χ2v) is 8.37. The molecular weight excluding hydrogens is 425 g/mol. The Balaban J connectivity index is 0.00000160. The number of rotatable bonds is 6. The third-order valence-electron chi connectivity index (χ3n) is 6.27. The van der Waals surface area contributed by atoms with Gasteiger partial charge in [0.15, 0.2) is 11.5 Å². The van der Waals surface area contributed by atoms with Crippen LogP contribution in [-0.4, -0.2) is 81.2 Å². The largest absolute Gasteiger partial charge is 0.486 e. The van der Waals surface area contributed by atoms with Gasteiger partial charge in [-0.15, -0.1) is 24.8 Å². The number of hydrogen-bond acceptors (Lipinski definition) is 6. The lowest BCUT2D eigenvalue weighted by Crippen LogP contribution is -2.47. The molecule has 3 heterocycles. The van der Waals surface area contributed by atoms with Crippen molar-refractivity contribution in [1.82, 2.24) is 9.80 Å². The molecule has 2 saturated heterocycles. The predicted molar refractivity (Wildman–Crippen MR) is 125 cm³/mol. The maximum atomic E-state index is 11.3. The smallest absolute Gasteiger partial charge is 0.163 e. The maximum Gasteiger partial charge on any atom is 0.163 e. The molecule has 3 aliphatic rings. The predicted octanol–water partition coefficient (Wildman–Crippen LogP) is 3.11. The Labute approximate surface area is 192 Å². The highest BCUT2D eigenvalue weighted by Crippen LogP contribution is 2.34. The molecule has 3 aliphatic heterocycles. The van der Waals surface area contributed by atoms with Crippen LogP contribution in [0.5, 0.6) is 11.5 Å². The third kappa shape index (κ3) is 6.64. The van der Waals surface area contributed by atoms with E-state index in [-0.39, 0.29) is 30.6 Å². The molecule has 170 valence electrons. The van der Waals surface area contributed by atoms with Crippen LogP contribution in [0, 0.1) is 5.92 Å². The lowest BCUT2D eigenvalue weighted by Gasteiger charge is -2.38. The number of benzene rings is 1. The van der Waals surface area contributed by atoms with Crippen LogP contribution < -0.4 is 14.4 Å². The summed E-state index contributed by atoms with van der Waals surface area (Å²) in [4.78, 5) is 18.6. The van der Waals surface area contributed by atoms with Crippen LogP contribution in [0.25, 0.3) is 0 Å². The van der Waals surface area contributed by atoms with Crippen molar-refractivity contribution < 1.29 is 14.3 Å². The van der Waals surface area contributed by atoms with E-state index < -0.39 is 0 Å². The number of likely N-dealkylation sites (tertiary alicyclic amines) is 1. The van der Waals surface area contributed by atoms with Gasteiger partial charge in [0.05, 0.1) is 6.54 Å². The molecule has 2 fully saturated rings. The minimum Gasteiger partial charge on any atom is -0.486 e.